The predicted octanol–water partition coefficient (Wildman–Crippen LogP) is 4.00. The summed E-state index contributed by atoms with van der Waals surface area (Å²) in [5.74, 6) is 0.858. The van der Waals surface area contributed by atoms with Gasteiger partial charge in [-0.2, -0.15) is 0 Å². The van der Waals surface area contributed by atoms with E-state index < -0.39 is 22.5 Å². The number of benzene rings is 1. The summed E-state index contributed by atoms with van der Waals surface area (Å²) >= 11 is 14.6. The van der Waals surface area contributed by atoms with E-state index in [0.717, 1.165) is 20.7 Å². The van der Waals surface area contributed by atoms with Crippen molar-refractivity contribution in [1.29, 1.82) is 0 Å². The Hall–Kier alpha value is -1.07. The predicted molar refractivity (Wildman–Crippen MR) is 113 cm³/mol. The van der Waals surface area contributed by atoms with Crippen LogP contribution in [0.4, 0.5) is 10.8 Å². The zero-order valence-corrected chi connectivity index (χ0v) is 18.7. The van der Waals surface area contributed by atoms with Gasteiger partial charge in [0.1, 0.15) is 6.54 Å². The number of aromatic nitrogens is 2. The van der Waals surface area contributed by atoms with Gasteiger partial charge < -0.3 is 0 Å². The summed E-state index contributed by atoms with van der Waals surface area (Å²) in [6, 6.07) is 4.34. The molecule has 148 valence electrons. The van der Waals surface area contributed by atoms with Gasteiger partial charge in [0.2, 0.25) is 21.1 Å². The molecule has 27 heavy (non-hydrogen) atoms. The third-order valence-corrected chi connectivity index (χ3v) is 7.35. The number of rotatable bonds is 8. The molecule has 1 heterocycles. The third kappa shape index (κ3) is 6.79. The average molecular weight is 469 g/mol. The van der Waals surface area contributed by atoms with Crippen molar-refractivity contribution in [2.75, 3.05) is 28.2 Å². The van der Waals surface area contributed by atoms with E-state index in [-0.39, 0.29) is 10.7 Å². The van der Waals surface area contributed by atoms with Crippen molar-refractivity contribution in [1.82, 2.24) is 10.2 Å². The van der Waals surface area contributed by atoms with Gasteiger partial charge in [-0.3, -0.25) is 14.4 Å². The number of amides is 1. The van der Waals surface area contributed by atoms with Crippen LogP contribution in [0.1, 0.15) is 13.8 Å². The van der Waals surface area contributed by atoms with Crippen LogP contribution in [-0.2, 0) is 14.8 Å². The molecule has 0 unspecified atom stereocenters. The van der Waals surface area contributed by atoms with Crippen LogP contribution in [0, 0.1) is 5.92 Å². The van der Waals surface area contributed by atoms with Crippen molar-refractivity contribution >= 4 is 73.0 Å². The first-order valence-corrected chi connectivity index (χ1v) is 12.2. The van der Waals surface area contributed by atoms with Crippen molar-refractivity contribution in [3.63, 3.8) is 0 Å². The molecule has 0 radical (unpaired) electrons. The first kappa shape index (κ1) is 22.2. The summed E-state index contributed by atoms with van der Waals surface area (Å²) < 4.78 is 25.9. The summed E-state index contributed by atoms with van der Waals surface area (Å²) in [5.41, 5.74) is 0.243. The molecule has 12 heteroatoms. The zero-order chi connectivity index (χ0) is 20.2. The minimum Gasteiger partial charge on any atom is -0.299 e. The molecule has 2 aromatic rings. The highest BCUT2D eigenvalue weighted by molar-refractivity contribution is 8.01. The van der Waals surface area contributed by atoms with E-state index in [2.05, 4.69) is 29.4 Å². The fourth-order valence-electron chi connectivity index (χ4n) is 1.89. The Labute approximate surface area is 176 Å². The molecular weight excluding hydrogens is 451 g/mol. The monoisotopic (exact) mass is 468 g/mol. The molecule has 0 bridgehead atoms. The third-order valence-electron chi connectivity index (χ3n) is 3.07. The van der Waals surface area contributed by atoms with Crippen LogP contribution in [0.25, 0.3) is 0 Å². The fourth-order valence-corrected chi connectivity index (χ4v) is 4.77. The molecule has 0 atom stereocenters. The highest BCUT2D eigenvalue weighted by atomic mass is 35.5. The number of halogens is 2. The summed E-state index contributed by atoms with van der Waals surface area (Å²) in [6.45, 7) is 3.77. The van der Waals surface area contributed by atoms with Gasteiger partial charge in [0.05, 0.1) is 22.0 Å². The Balaban J connectivity index is 2.09. The van der Waals surface area contributed by atoms with Crippen molar-refractivity contribution in [2.24, 2.45) is 5.92 Å². The normalized spacial score (nSPS) is 11.6. The lowest BCUT2D eigenvalue weighted by Gasteiger charge is -2.21. The van der Waals surface area contributed by atoms with Gasteiger partial charge in [0.15, 0.2) is 4.34 Å². The fraction of sp³-hybridized carbons (Fsp3) is 0.400. The lowest BCUT2D eigenvalue weighted by Crippen LogP contribution is -2.37. The molecule has 2 rings (SSSR count). The van der Waals surface area contributed by atoms with Crippen LogP contribution in [0.15, 0.2) is 22.5 Å². The van der Waals surface area contributed by atoms with Crippen molar-refractivity contribution in [3.8, 4) is 0 Å². The standard InChI is InChI=1S/C15H18Cl2N4O3S3/c1-9(2)8-25-15-20-19-14(26-15)18-13(22)7-21(27(3,23)24)10-4-5-11(16)12(17)6-10/h4-6,9H,7-8H2,1-3H3,(H,18,19,22). The quantitative estimate of drug-likeness (QED) is 0.464. The van der Waals surface area contributed by atoms with E-state index in [4.69, 9.17) is 23.2 Å². The lowest BCUT2D eigenvalue weighted by atomic mass is 10.3. The van der Waals surface area contributed by atoms with E-state index in [9.17, 15) is 13.2 Å². The van der Waals surface area contributed by atoms with Gasteiger partial charge >= 0.3 is 0 Å². The van der Waals surface area contributed by atoms with E-state index in [1.54, 1.807) is 11.8 Å². The van der Waals surface area contributed by atoms with Gasteiger partial charge in [-0.1, -0.05) is 60.1 Å². The highest BCUT2D eigenvalue weighted by Gasteiger charge is 2.22. The topological polar surface area (TPSA) is 92.3 Å². The molecule has 0 spiro atoms. The van der Waals surface area contributed by atoms with Gasteiger partial charge in [0, 0.05) is 5.75 Å². The number of carbonyl (C=O) groups is 1. The molecular formula is C15H18Cl2N4O3S3. The molecule has 0 saturated carbocycles. The largest absolute Gasteiger partial charge is 0.299 e. The average Bonchev–Trinajstić information content (AvgIpc) is 3.00. The Morgan fingerprint density at radius 1 is 1.30 bits per heavy atom. The van der Waals surface area contributed by atoms with E-state index in [1.807, 2.05) is 0 Å². The Bertz CT molecular complexity index is 919. The number of hydrogen-bond donors (Lipinski definition) is 1. The molecule has 0 aliphatic rings. The van der Waals surface area contributed by atoms with E-state index in [1.165, 1.54) is 29.5 Å². The van der Waals surface area contributed by atoms with Gasteiger partial charge in [-0.15, -0.1) is 10.2 Å². The number of carbonyl (C=O) groups excluding carboxylic acids is 1. The summed E-state index contributed by atoms with van der Waals surface area (Å²) in [7, 11) is -3.71. The summed E-state index contributed by atoms with van der Waals surface area (Å²) in [4.78, 5) is 12.3. The molecule has 1 aromatic heterocycles. The van der Waals surface area contributed by atoms with Gasteiger partial charge in [-0.05, 0) is 24.1 Å². The lowest BCUT2D eigenvalue weighted by molar-refractivity contribution is -0.114. The Kier molecular flexibility index (Phi) is 7.75. The molecule has 7 nitrogen and oxygen atoms in total. The van der Waals surface area contributed by atoms with Crippen LogP contribution >= 0.6 is 46.3 Å². The van der Waals surface area contributed by atoms with Gasteiger partial charge in [0.25, 0.3) is 0 Å². The molecule has 1 aromatic carbocycles. The van der Waals surface area contributed by atoms with Crippen LogP contribution in [-0.4, -0.2) is 43.1 Å². The Morgan fingerprint density at radius 3 is 2.59 bits per heavy atom. The Morgan fingerprint density at radius 2 is 2.00 bits per heavy atom. The first-order chi connectivity index (χ1) is 12.6. The maximum Gasteiger partial charge on any atom is 0.246 e. The van der Waals surface area contributed by atoms with E-state index in [0.29, 0.717) is 16.1 Å². The minimum absolute atomic E-state index is 0.194. The molecule has 0 fully saturated rings. The molecule has 0 aliphatic carbocycles. The molecule has 1 amide bonds. The zero-order valence-electron chi connectivity index (χ0n) is 14.8. The molecule has 0 saturated heterocycles. The second-order valence-corrected chi connectivity index (χ2v) is 11.0. The molecule has 1 N–H and O–H groups in total. The number of thioether (sulfide) groups is 1. The van der Waals surface area contributed by atoms with Crippen molar-refractivity contribution in [2.45, 2.75) is 18.2 Å². The van der Waals surface area contributed by atoms with Crippen LogP contribution in [0.5, 0.6) is 0 Å². The van der Waals surface area contributed by atoms with Crippen LogP contribution in [0.3, 0.4) is 0 Å². The second kappa shape index (κ2) is 9.42. The summed E-state index contributed by atoms with van der Waals surface area (Å²) in [5, 5.41) is 11.3. The summed E-state index contributed by atoms with van der Waals surface area (Å²) in [6.07, 6.45) is 1.01. The number of anilines is 2. The number of hydrogen-bond acceptors (Lipinski definition) is 7. The minimum atomic E-state index is -3.71. The van der Waals surface area contributed by atoms with Crippen LogP contribution in [0.2, 0.25) is 10.0 Å². The number of nitrogens with zero attached hydrogens (tertiary/aromatic N) is 3. The second-order valence-electron chi connectivity index (χ2n) is 5.99. The van der Waals surface area contributed by atoms with Gasteiger partial charge in [-0.25, -0.2) is 8.42 Å². The maximum absolute atomic E-state index is 12.3. The highest BCUT2D eigenvalue weighted by Crippen LogP contribution is 2.29. The number of sulfonamides is 1. The van der Waals surface area contributed by atoms with Crippen molar-refractivity contribution in [3.05, 3.63) is 28.2 Å². The number of nitrogens with one attached hydrogen (secondary N) is 1. The van der Waals surface area contributed by atoms with E-state index >= 15 is 0 Å². The van der Waals surface area contributed by atoms with Crippen molar-refractivity contribution < 1.29 is 13.2 Å². The first-order valence-electron chi connectivity index (χ1n) is 7.75. The maximum atomic E-state index is 12.3. The van der Waals surface area contributed by atoms with Crippen LogP contribution < -0.4 is 9.62 Å². The SMILES string of the molecule is CC(C)CSc1nnc(NC(=O)CN(c2ccc(Cl)c(Cl)c2)S(C)(=O)=O)s1. The smallest absolute Gasteiger partial charge is 0.246 e. The molecule has 0 aliphatic heterocycles.